The summed E-state index contributed by atoms with van der Waals surface area (Å²) >= 11 is 2.09. The van der Waals surface area contributed by atoms with E-state index in [1.165, 1.54) is 30.6 Å². The Morgan fingerprint density at radius 1 is 1.35 bits per heavy atom. The highest BCUT2D eigenvalue weighted by Crippen LogP contribution is 2.42. The smallest absolute Gasteiger partial charge is 0.0289 e. The molecule has 1 aliphatic heterocycles. The second-order valence-electron chi connectivity index (χ2n) is 5.31. The van der Waals surface area contributed by atoms with Crippen LogP contribution in [-0.2, 0) is 6.42 Å². The monoisotopic (exact) mass is 247 g/mol. The quantitative estimate of drug-likeness (QED) is 0.855. The molecular weight excluding hydrogens is 226 g/mol. The molecule has 2 aliphatic rings. The number of nitrogens with one attached hydrogen (secondary N) is 1. The van der Waals surface area contributed by atoms with E-state index in [9.17, 15) is 0 Å². The Morgan fingerprint density at radius 3 is 2.88 bits per heavy atom. The van der Waals surface area contributed by atoms with Crippen LogP contribution in [0.15, 0.2) is 29.2 Å². The van der Waals surface area contributed by atoms with Crippen LogP contribution in [0.1, 0.15) is 31.7 Å². The topological polar surface area (TPSA) is 12.0 Å². The third-order valence-corrected chi connectivity index (χ3v) is 5.32. The van der Waals surface area contributed by atoms with E-state index in [0.29, 0.717) is 6.04 Å². The normalized spacial score (nSPS) is 24.6. The molecule has 0 spiro atoms. The average Bonchev–Trinajstić information content (AvgIpc) is 3.05. The number of benzene rings is 1. The van der Waals surface area contributed by atoms with Crippen LogP contribution >= 0.6 is 11.8 Å². The van der Waals surface area contributed by atoms with E-state index >= 15 is 0 Å². The van der Waals surface area contributed by atoms with Gasteiger partial charge in [-0.1, -0.05) is 38.0 Å². The molecular formula is C15H21NS. The van der Waals surface area contributed by atoms with E-state index < -0.39 is 0 Å². The third-order valence-electron chi connectivity index (χ3n) is 3.87. The highest BCUT2D eigenvalue weighted by Gasteiger charge is 2.33. The van der Waals surface area contributed by atoms with Crippen molar-refractivity contribution in [2.75, 3.05) is 6.54 Å². The number of fused-ring (bicyclic) bond motifs is 1. The Hall–Kier alpha value is -0.470. The minimum atomic E-state index is 0.713. The summed E-state index contributed by atoms with van der Waals surface area (Å²) in [6.07, 6.45) is 5.57. The fourth-order valence-corrected chi connectivity index (χ4v) is 4.20. The summed E-state index contributed by atoms with van der Waals surface area (Å²) in [4.78, 5) is 1.51. The SMILES string of the molecule is CCNC(CC1CC1)C1Cc2ccccc2S1. The molecule has 1 aromatic rings. The lowest BCUT2D eigenvalue weighted by molar-refractivity contribution is 0.454. The standard InChI is InChI=1S/C15H21NS/c1-2-16-13(9-11-7-8-11)15-10-12-5-3-4-6-14(12)17-15/h3-6,11,13,15-16H,2,7-10H2,1H3. The Kier molecular flexibility index (Phi) is 3.44. The van der Waals surface area contributed by atoms with Gasteiger partial charge in [0.1, 0.15) is 0 Å². The van der Waals surface area contributed by atoms with Crippen molar-refractivity contribution in [2.45, 2.75) is 48.8 Å². The lowest BCUT2D eigenvalue weighted by Crippen LogP contribution is -2.38. The molecule has 3 rings (SSSR count). The van der Waals surface area contributed by atoms with Gasteiger partial charge in [0.05, 0.1) is 0 Å². The van der Waals surface area contributed by atoms with E-state index in [1.807, 2.05) is 0 Å². The maximum absolute atomic E-state index is 3.71. The molecule has 17 heavy (non-hydrogen) atoms. The summed E-state index contributed by atoms with van der Waals surface area (Å²) in [5, 5.41) is 4.47. The van der Waals surface area contributed by atoms with Crippen LogP contribution in [-0.4, -0.2) is 17.8 Å². The number of hydrogen-bond donors (Lipinski definition) is 1. The van der Waals surface area contributed by atoms with Crippen LogP contribution in [0.2, 0.25) is 0 Å². The van der Waals surface area contributed by atoms with E-state index in [1.54, 1.807) is 5.56 Å². The van der Waals surface area contributed by atoms with Gasteiger partial charge in [0.25, 0.3) is 0 Å². The van der Waals surface area contributed by atoms with Crippen molar-refractivity contribution in [2.24, 2.45) is 5.92 Å². The molecule has 2 unspecified atom stereocenters. The molecule has 0 saturated heterocycles. The van der Waals surface area contributed by atoms with E-state index in [-0.39, 0.29) is 0 Å². The molecule has 1 aliphatic carbocycles. The van der Waals surface area contributed by atoms with Crippen molar-refractivity contribution in [1.29, 1.82) is 0 Å². The van der Waals surface area contributed by atoms with Crippen molar-refractivity contribution in [1.82, 2.24) is 5.32 Å². The molecule has 0 radical (unpaired) electrons. The van der Waals surface area contributed by atoms with Gasteiger partial charge in [0, 0.05) is 16.2 Å². The predicted octanol–water partition coefficient (Wildman–Crippen LogP) is 3.48. The molecule has 2 heteroatoms. The summed E-state index contributed by atoms with van der Waals surface area (Å²) in [6, 6.07) is 9.62. The van der Waals surface area contributed by atoms with Crippen LogP contribution in [0.5, 0.6) is 0 Å². The molecule has 0 aromatic heterocycles. The first-order valence-electron chi connectivity index (χ1n) is 6.84. The molecule has 1 heterocycles. The van der Waals surface area contributed by atoms with Gasteiger partial charge in [-0.2, -0.15) is 0 Å². The minimum Gasteiger partial charge on any atom is -0.313 e. The van der Waals surface area contributed by atoms with Crippen molar-refractivity contribution >= 4 is 11.8 Å². The first-order chi connectivity index (χ1) is 8.36. The van der Waals surface area contributed by atoms with Crippen molar-refractivity contribution < 1.29 is 0 Å². The van der Waals surface area contributed by atoms with E-state index in [0.717, 1.165) is 17.7 Å². The van der Waals surface area contributed by atoms with Gasteiger partial charge >= 0.3 is 0 Å². The molecule has 1 aromatic carbocycles. The Morgan fingerprint density at radius 2 is 2.18 bits per heavy atom. The van der Waals surface area contributed by atoms with E-state index in [2.05, 4.69) is 48.3 Å². The summed E-state index contributed by atoms with van der Waals surface area (Å²) in [5.41, 5.74) is 1.56. The lowest BCUT2D eigenvalue weighted by atomic mass is 10.0. The van der Waals surface area contributed by atoms with Crippen LogP contribution in [0.25, 0.3) is 0 Å². The van der Waals surface area contributed by atoms with Crippen molar-refractivity contribution in [3.63, 3.8) is 0 Å². The molecule has 1 N–H and O–H groups in total. The lowest BCUT2D eigenvalue weighted by Gasteiger charge is -2.23. The maximum atomic E-state index is 3.71. The van der Waals surface area contributed by atoms with Gasteiger partial charge in [0.15, 0.2) is 0 Å². The largest absolute Gasteiger partial charge is 0.313 e. The Labute approximate surface area is 108 Å². The summed E-state index contributed by atoms with van der Waals surface area (Å²) in [6.45, 7) is 3.33. The van der Waals surface area contributed by atoms with Gasteiger partial charge in [-0.3, -0.25) is 0 Å². The second-order valence-corrected chi connectivity index (χ2v) is 6.59. The van der Waals surface area contributed by atoms with Crippen molar-refractivity contribution in [3.05, 3.63) is 29.8 Å². The van der Waals surface area contributed by atoms with E-state index in [4.69, 9.17) is 0 Å². The molecule has 2 atom stereocenters. The number of hydrogen-bond acceptors (Lipinski definition) is 2. The molecule has 0 amide bonds. The summed E-state index contributed by atoms with van der Waals surface area (Å²) in [7, 11) is 0. The fraction of sp³-hybridized carbons (Fsp3) is 0.600. The average molecular weight is 247 g/mol. The molecule has 0 bridgehead atoms. The van der Waals surface area contributed by atoms with Gasteiger partial charge in [-0.25, -0.2) is 0 Å². The molecule has 1 fully saturated rings. The minimum absolute atomic E-state index is 0.713. The first kappa shape index (κ1) is 11.6. The second kappa shape index (κ2) is 5.03. The van der Waals surface area contributed by atoms with Crippen LogP contribution in [0.4, 0.5) is 0 Å². The third kappa shape index (κ3) is 2.69. The van der Waals surface area contributed by atoms with Crippen molar-refractivity contribution in [3.8, 4) is 0 Å². The Bertz CT molecular complexity index is 361. The van der Waals surface area contributed by atoms with Gasteiger partial charge in [-0.15, -0.1) is 11.8 Å². The fourth-order valence-electron chi connectivity index (χ4n) is 2.77. The van der Waals surface area contributed by atoms with Gasteiger partial charge in [0.2, 0.25) is 0 Å². The highest BCUT2D eigenvalue weighted by molar-refractivity contribution is 8.00. The zero-order valence-corrected chi connectivity index (χ0v) is 11.3. The summed E-state index contributed by atoms with van der Waals surface area (Å²) in [5.74, 6) is 1.02. The molecule has 1 saturated carbocycles. The maximum Gasteiger partial charge on any atom is 0.0289 e. The van der Waals surface area contributed by atoms with Gasteiger partial charge in [-0.05, 0) is 36.9 Å². The van der Waals surface area contributed by atoms with Crippen LogP contribution in [0, 0.1) is 5.92 Å². The van der Waals surface area contributed by atoms with Gasteiger partial charge < -0.3 is 5.32 Å². The zero-order chi connectivity index (χ0) is 11.7. The zero-order valence-electron chi connectivity index (χ0n) is 10.5. The van der Waals surface area contributed by atoms with Crippen LogP contribution in [0.3, 0.4) is 0 Å². The molecule has 1 nitrogen and oxygen atoms in total. The Balaban J connectivity index is 1.67. The predicted molar refractivity (Wildman–Crippen MR) is 74.6 cm³/mol. The number of thioether (sulfide) groups is 1. The van der Waals surface area contributed by atoms with Crippen LogP contribution < -0.4 is 5.32 Å². The first-order valence-corrected chi connectivity index (χ1v) is 7.72. The molecule has 92 valence electrons. The number of rotatable bonds is 5. The highest BCUT2D eigenvalue weighted by atomic mass is 32.2. The summed E-state index contributed by atoms with van der Waals surface area (Å²) < 4.78 is 0.